The van der Waals surface area contributed by atoms with Gasteiger partial charge >= 0.3 is 0 Å². The van der Waals surface area contributed by atoms with Crippen LogP contribution in [0.2, 0.25) is 0 Å². The summed E-state index contributed by atoms with van der Waals surface area (Å²) in [6.45, 7) is 0.943. The van der Waals surface area contributed by atoms with E-state index in [9.17, 15) is 4.79 Å². The Kier molecular flexibility index (Phi) is 3.74. The van der Waals surface area contributed by atoms with Gasteiger partial charge in [0.1, 0.15) is 0 Å². The van der Waals surface area contributed by atoms with Crippen LogP contribution >= 0.6 is 0 Å². The third kappa shape index (κ3) is 3.30. The van der Waals surface area contributed by atoms with Gasteiger partial charge in [-0.25, -0.2) is 0 Å². The lowest BCUT2D eigenvalue weighted by atomic mass is 10.0. The van der Waals surface area contributed by atoms with E-state index in [1.165, 1.54) is 12.1 Å². The number of terminal acetylenes is 1. The van der Waals surface area contributed by atoms with Crippen molar-refractivity contribution in [2.75, 3.05) is 5.32 Å². The maximum absolute atomic E-state index is 12.0. The molecule has 1 amide bonds. The second-order valence-corrected chi connectivity index (χ2v) is 5.64. The van der Waals surface area contributed by atoms with Gasteiger partial charge in [0.25, 0.3) is 0 Å². The molecule has 6 nitrogen and oxygen atoms in total. The fourth-order valence-corrected chi connectivity index (χ4v) is 2.67. The predicted octanol–water partition coefficient (Wildman–Crippen LogP) is 2.51. The zero-order chi connectivity index (χ0) is 14.7. The molecule has 1 aromatic heterocycles. The Balaban J connectivity index is 1.48. The second-order valence-electron chi connectivity index (χ2n) is 5.64. The standard InChI is InChI=1S/C15H19N5O/c1-2-3-8-15(18-19-15)9-7-14(21)16-13-11-12-6-4-5-10-20(12)17-13/h1,11H,3-10H2,(H,16,17,21). The molecule has 110 valence electrons. The average molecular weight is 285 g/mol. The first-order valence-corrected chi connectivity index (χ1v) is 7.45. The Hall–Kier alpha value is -2.16. The highest BCUT2D eigenvalue weighted by Gasteiger charge is 2.39. The van der Waals surface area contributed by atoms with Crippen LogP contribution in [-0.4, -0.2) is 21.4 Å². The number of carbonyl (C=O) groups is 1. The molecule has 0 saturated carbocycles. The van der Waals surface area contributed by atoms with Crippen LogP contribution < -0.4 is 5.32 Å². The summed E-state index contributed by atoms with van der Waals surface area (Å²) < 4.78 is 1.99. The highest BCUT2D eigenvalue weighted by Crippen LogP contribution is 2.37. The number of hydrogen-bond acceptors (Lipinski definition) is 4. The lowest BCUT2D eigenvalue weighted by molar-refractivity contribution is -0.116. The van der Waals surface area contributed by atoms with Crippen molar-refractivity contribution in [2.24, 2.45) is 10.2 Å². The first-order valence-electron chi connectivity index (χ1n) is 7.45. The maximum Gasteiger partial charge on any atom is 0.225 e. The van der Waals surface area contributed by atoms with Crippen LogP contribution in [0.1, 0.15) is 44.2 Å². The molecule has 0 aliphatic carbocycles. The first-order chi connectivity index (χ1) is 10.2. The minimum absolute atomic E-state index is 0.0390. The van der Waals surface area contributed by atoms with Gasteiger partial charge in [0.05, 0.1) is 0 Å². The highest BCUT2D eigenvalue weighted by atomic mass is 16.1. The normalized spacial score (nSPS) is 17.9. The summed E-state index contributed by atoms with van der Waals surface area (Å²) in [5.74, 6) is 3.20. The minimum atomic E-state index is -0.392. The molecule has 0 fully saturated rings. The Morgan fingerprint density at radius 3 is 3.00 bits per heavy atom. The van der Waals surface area contributed by atoms with Crippen LogP contribution in [-0.2, 0) is 17.8 Å². The number of rotatable bonds is 6. The summed E-state index contributed by atoms with van der Waals surface area (Å²) in [4.78, 5) is 12.0. The number of carbonyl (C=O) groups excluding carboxylic acids is 1. The van der Waals surface area contributed by atoms with Crippen molar-refractivity contribution >= 4 is 11.7 Å². The van der Waals surface area contributed by atoms with E-state index in [2.05, 4.69) is 26.6 Å². The zero-order valence-corrected chi connectivity index (χ0v) is 12.0. The quantitative estimate of drug-likeness (QED) is 0.816. The van der Waals surface area contributed by atoms with Crippen LogP contribution in [0.5, 0.6) is 0 Å². The molecular weight excluding hydrogens is 266 g/mol. The summed E-state index contributed by atoms with van der Waals surface area (Å²) in [5, 5.41) is 15.3. The molecule has 0 unspecified atom stereocenters. The van der Waals surface area contributed by atoms with Gasteiger partial charge in [0, 0.05) is 44.0 Å². The van der Waals surface area contributed by atoms with Crippen LogP contribution in [0.15, 0.2) is 16.3 Å². The van der Waals surface area contributed by atoms with E-state index in [1.54, 1.807) is 0 Å². The van der Waals surface area contributed by atoms with Crippen molar-refractivity contribution in [3.63, 3.8) is 0 Å². The SMILES string of the molecule is C#CCCC1(CCC(=O)Nc2cc3n(n2)CCCC3)N=N1. The van der Waals surface area contributed by atoms with E-state index >= 15 is 0 Å². The highest BCUT2D eigenvalue weighted by molar-refractivity contribution is 5.89. The third-order valence-electron chi connectivity index (χ3n) is 3.99. The molecule has 21 heavy (non-hydrogen) atoms. The second kappa shape index (κ2) is 5.68. The molecule has 0 aromatic carbocycles. The molecule has 1 aromatic rings. The van der Waals surface area contributed by atoms with E-state index < -0.39 is 5.66 Å². The fourth-order valence-electron chi connectivity index (χ4n) is 2.67. The van der Waals surface area contributed by atoms with E-state index in [0.717, 1.165) is 25.8 Å². The topological polar surface area (TPSA) is 71.6 Å². The Morgan fingerprint density at radius 2 is 2.29 bits per heavy atom. The number of aromatic nitrogens is 2. The lowest BCUT2D eigenvalue weighted by Crippen LogP contribution is -2.18. The fraction of sp³-hybridized carbons (Fsp3) is 0.600. The summed E-state index contributed by atoms with van der Waals surface area (Å²) in [6, 6.07) is 1.97. The maximum atomic E-state index is 12.0. The van der Waals surface area contributed by atoms with Crippen molar-refractivity contribution < 1.29 is 4.79 Å². The molecule has 3 heterocycles. The molecule has 1 N–H and O–H groups in total. The third-order valence-corrected chi connectivity index (χ3v) is 3.99. The molecule has 0 atom stereocenters. The molecular formula is C15H19N5O. The number of amides is 1. The summed E-state index contributed by atoms with van der Waals surface area (Å²) in [5.41, 5.74) is 0.811. The van der Waals surface area contributed by atoms with Gasteiger partial charge in [0.15, 0.2) is 11.5 Å². The van der Waals surface area contributed by atoms with Gasteiger partial charge in [-0.1, -0.05) is 0 Å². The van der Waals surface area contributed by atoms with Gasteiger partial charge in [-0.2, -0.15) is 15.3 Å². The van der Waals surface area contributed by atoms with Crippen molar-refractivity contribution in [2.45, 2.75) is 57.2 Å². The number of nitrogens with zero attached hydrogens (tertiary/aromatic N) is 4. The van der Waals surface area contributed by atoms with Crippen LogP contribution in [0.4, 0.5) is 5.82 Å². The monoisotopic (exact) mass is 285 g/mol. The van der Waals surface area contributed by atoms with Gasteiger partial charge in [-0.05, 0) is 19.3 Å². The van der Waals surface area contributed by atoms with E-state index in [1.807, 2.05) is 10.7 Å². The largest absolute Gasteiger partial charge is 0.309 e. The van der Waals surface area contributed by atoms with Crippen molar-refractivity contribution in [1.29, 1.82) is 0 Å². The Labute approximate surface area is 124 Å². The molecule has 3 rings (SSSR count). The lowest BCUT2D eigenvalue weighted by Gasteiger charge is -2.11. The van der Waals surface area contributed by atoms with Gasteiger partial charge in [-0.15, -0.1) is 12.3 Å². The zero-order valence-electron chi connectivity index (χ0n) is 12.0. The van der Waals surface area contributed by atoms with Crippen molar-refractivity contribution in [3.05, 3.63) is 11.8 Å². The molecule has 6 heteroatoms. The molecule has 0 spiro atoms. The first kappa shape index (κ1) is 13.8. The molecule has 0 saturated heterocycles. The van der Waals surface area contributed by atoms with Crippen molar-refractivity contribution in [1.82, 2.24) is 9.78 Å². The van der Waals surface area contributed by atoms with Crippen LogP contribution in [0.3, 0.4) is 0 Å². The number of anilines is 1. The molecule has 0 bridgehead atoms. The molecule has 2 aliphatic heterocycles. The van der Waals surface area contributed by atoms with Gasteiger partial charge in [0.2, 0.25) is 5.91 Å². The number of hydrogen-bond donors (Lipinski definition) is 1. The molecule has 0 radical (unpaired) electrons. The van der Waals surface area contributed by atoms with E-state index in [-0.39, 0.29) is 5.91 Å². The summed E-state index contributed by atoms with van der Waals surface area (Å²) in [7, 11) is 0. The summed E-state index contributed by atoms with van der Waals surface area (Å²) in [6.07, 6.45) is 11.0. The van der Waals surface area contributed by atoms with Gasteiger partial charge < -0.3 is 5.32 Å². The number of fused-ring (bicyclic) bond motifs is 1. The Morgan fingerprint density at radius 1 is 1.43 bits per heavy atom. The minimum Gasteiger partial charge on any atom is -0.309 e. The summed E-state index contributed by atoms with van der Waals surface area (Å²) >= 11 is 0. The number of aryl methyl sites for hydroxylation is 2. The van der Waals surface area contributed by atoms with Crippen molar-refractivity contribution in [3.8, 4) is 12.3 Å². The number of nitrogens with one attached hydrogen (secondary N) is 1. The smallest absolute Gasteiger partial charge is 0.225 e. The van der Waals surface area contributed by atoms with Gasteiger partial charge in [-0.3, -0.25) is 9.48 Å². The van der Waals surface area contributed by atoms with E-state index in [4.69, 9.17) is 6.42 Å². The van der Waals surface area contributed by atoms with E-state index in [0.29, 0.717) is 25.1 Å². The molecule has 2 aliphatic rings. The Bertz CT molecular complexity index is 581. The van der Waals surface area contributed by atoms with Crippen LogP contribution in [0.25, 0.3) is 0 Å². The van der Waals surface area contributed by atoms with Crippen LogP contribution in [0, 0.1) is 12.3 Å². The average Bonchev–Trinajstić information content (AvgIpc) is 3.14. The predicted molar refractivity (Wildman–Crippen MR) is 78.7 cm³/mol.